The van der Waals surface area contributed by atoms with Gasteiger partial charge in [0.15, 0.2) is 0 Å². The maximum Gasteiger partial charge on any atom is 0.130 e. The molecule has 1 aromatic heterocycles. The van der Waals surface area contributed by atoms with Gasteiger partial charge in [-0.1, -0.05) is 26.8 Å². The van der Waals surface area contributed by atoms with Crippen molar-refractivity contribution < 1.29 is 0 Å². The van der Waals surface area contributed by atoms with Crippen LogP contribution in [0.5, 0.6) is 0 Å². The fourth-order valence-corrected chi connectivity index (χ4v) is 1.85. The van der Waals surface area contributed by atoms with Crippen LogP contribution in [0, 0.1) is 5.41 Å². The minimum atomic E-state index is 0.0276. The van der Waals surface area contributed by atoms with Crippen LogP contribution in [0.4, 0.5) is 11.6 Å². The largest absolute Gasteiger partial charge is 0.365 e. The maximum absolute atomic E-state index is 4.71. The van der Waals surface area contributed by atoms with Crippen molar-refractivity contribution in [2.24, 2.45) is 5.41 Å². The van der Waals surface area contributed by atoms with Gasteiger partial charge in [-0.2, -0.15) is 0 Å². The smallest absolute Gasteiger partial charge is 0.130 e. The van der Waals surface area contributed by atoms with Gasteiger partial charge in [0, 0.05) is 18.6 Å². The Morgan fingerprint density at radius 1 is 1.11 bits per heavy atom. The second-order valence-corrected chi connectivity index (χ2v) is 7.41. The molecule has 1 rings (SSSR count). The van der Waals surface area contributed by atoms with Crippen molar-refractivity contribution in [1.82, 2.24) is 4.98 Å². The Morgan fingerprint density at radius 3 is 2.16 bits per heavy atom. The molecule has 0 spiro atoms. The summed E-state index contributed by atoms with van der Waals surface area (Å²) in [7, 11) is 2.11. The zero-order valence-corrected chi connectivity index (χ0v) is 13.7. The van der Waals surface area contributed by atoms with Gasteiger partial charge in [-0.25, -0.2) is 4.98 Å². The average molecular weight is 263 g/mol. The highest BCUT2D eigenvalue weighted by molar-refractivity contribution is 5.48. The van der Waals surface area contributed by atoms with Gasteiger partial charge in [-0.05, 0) is 45.2 Å². The lowest BCUT2D eigenvalue weighted by molar-refractivity contribution is 0.328. The Morgan fingerprint density at radius 2 is 1.68 bits per heavy atom. The summed E-state index contributed by atoms with van der Waals surface area (Å²) in [6, 6.07) is 6.56. The number of nitrogens with zero attached hydrogens (tertiary/aromatic N) is 2. The van der Waals surface area contributed by atoms with Gasteiger partial charge in [-0.3, -0.25) is 0 Å². The van der Waals surface area contributed by atoms with Crippen LogP contribution in [-0.4, -0.2) is 23.6 Å². The summed E-state index contributed by atoms with van der Waals surface area (Å²) in [6.45, 7) is 15.4. The van der Waals surface area contributed by atoms with E-state index in [9.17, 15) is 0 Å². The molecule has 19 heavy (non-hydrogen) atoms. The van der Waals surface area contributed by atoms with Crippen molar-refractivity contribution in [3.63, 3.8) is 0 Å². The van der Waals surface area contributed by atoms with E-state index in [2.05, 4.69) is 77.9 Å². The number of hydrogen-bond acceptors (Lipinski definition) is 3. The first-order valence-corrected chi connectivity index (χ1v) is 6.99. The molecule has 108 valence electrons. The molecule has 0 fully saturated rings. The van der Waals surface area contributed by atoms with Crippen molar-refractivity contribution in [2.45, 2.75) is 60.0 Å². The number of nitrogens with one attached hydrogen (secondary N) is 1. The summed E-state index contributed by atoms with van der Waals surface area (Å²) in [5, 5.41) is 3.42. The highest BCUT2D eigenvalue weighted by atomic mass is 15.2. The first-order valence-electron chi connectivity index (χ1n) is 6.99. The molecule has 3 heteroatoms. The van der Waals surface area contributed by atoms with Crippen LogP contribution >= 0.6 is 0 Å². The van der Waals surface area contributed by atoms with Gasteiger partial charge >= 0.3 is 0 Å². The molecule has 1 aromatic rings. The molecule has 1 N–H and O–H groups in total. The third-order valence-electron chi connectivity index (χ3n) is 3.43. The van der Waals surface area contributed by atoms with Crippen molar-refractivity contribution >= 4 is 11.6 Å². The molecule has 0 bridgehead atoms. The third kappa shape index (κ3) is 4.73. The Labute approximate surface area is 118 Å². The average Bonchev–Trinajstić information content (AvgIpc) is 2.23. The highest BCUT2D eigenvalue weighted by Crippen LogP contribution is 2.27. The number of aromatic nitrogens is 1. The second kappa shape index (κ2) is 5.40. The van der Waals surface area contributed by atoms with Gasteiger partial charge in [0.2, 0.25) is 0 Å². The Bertz CT molecular complexity index is 413. The van der Waals surface area contributed by atoms with Crippen LogP contribution in [0.3, 0.4) is 0 Å². The minimum absolute atomic E-state index is 0.0276. The molecule has 0 aliphatic carbocycles. The zero-order valence-electron chi connectivity index (χ0n) is 13.7. The lowest BCUT2D eigenvalue weighted by Gasteiger charge is -2.36. The SMILES string of the molecule is CC(N(C)c1cccc(NC(C)(C)C)n1)C(C)(C)C. The lowest BCUT2D eigenvalue weighted by atomic mass is 9.87. The van der Waals surface area contributed by atoms with E-state index in [4.69, 9.17) is 4.98 Å². The summed E-state index contributed by atoms with van der Waals surface area (Å²) < 4.78 is 0. The van der Waals surface area contributed by atoms with E-state index in [-0.39, 0.29) is 11.0 Å². The van der Waals surface area contributed by atoms with E-state index in [0.717, 1.165) is 11.6 Å². The van der Waals surface area contributed by atoms with E-state index < -0.39 is 0 Å². The highest BCUT2D eigenvalue weighted by Gasteiger charge is 2.25. The molecule has 1 unspecified atom stereocenters. The predicted molar refractivity (Wildman–Crippen MR) is 84.9 cm³/mol. The van der Waals surface area contributed by atoms with Crippen molar-refractivity contribution in [3.8, 4) is 0 Å². The van der Waals surface area contributed by atoms with Gasteiger partial charge in [0.05, 0.1) is 0 Å². The number of hydrogen-bond donors (Lipinski definition) is 1. The van der Waals surface area contributed by atoms with Crippen LogP contribution in [0.25, 0.3) is 0 Å². The fourth-order valence-electron chi connectivity index (χ4n) is 1.85. The molecule has 0 amide bonds. The molecule has 0 radical (unpaired) electrons. The normalized spacial score (nSPS) is 14.1. The minimum Gasteiger partial charge on any atom is -0.365 e. The molecule has 0 aromatic carbocycles. The molecular formula is C16H29N3. The van der Waals surface area contributed by atoms with E-state index in [0.29, 0.717) is 6.04 Å². The lowest BCUT2D eigenvalue weighted by Crippen LogP contribution is -2.40. The molecule has 0 aliphatic rings. The number of anilines is 2. The van der Waals surface area contributed by atoms with Crippen LogP contribution in [-0.2, 0) is 0 Å². The maximum atomic E-state index is 4.71. The molecule has 0 saturated heterocycles. The third-order valence-corrected chi connectivity index (χ3v) is 3.43. The molecule has 1 heterocycles. The topological polar surface area (TPSA) is 28.2 Å². The molecular weight excluding hydrogens is 234 g/mol. The molecule has 3 nitrogen and oxygen atoms in total. The summed E-state index contributed by atoms with van der Waals surface area (Å²) >= 11 is 0. The Balaban J connectivity index is 2.93. The van der Waals surface area contributed by atoms with Crippen LogP contribution in [0.15, 0.2) is 18.2 Å². The predicted octanol–water partition coefficient (Wildman–Crippen LogP) is 4.16. The fraction of sp³-hybridized carbons (Fsp3) is 0.688. The standard InChI is InChI=1S/C16H29N3/c1-12(15(2,3)4)19(8)14-11-9-10-13(17-14)18-16(5,6)7/h9-12H,1-8H3,(H,17,18). The zero-order chi connectivity index (χ0) is 14.8. The van der Waals surface area contributed by atoms with Gasteiger partial charge in [-0.15, -0.1) is 0 Å². The molecule has 0 aliphatic heterocycles. The van der Waals surface area contributed by atoms with Gasteiger partial charge in [0.1, 0.15) is 11.6 Å². The van der Waals surface area contributed by atoms with Gasteiger partial charge in [0.25, 0.3) is 0 Å². The summed E-state index contributed by atoms with van der Waals surface area (Å²) in [6.07, 6.45) is 0. The summed E-state index contributed by atoms with van der Waals surface area (Å²) in [4.78, 5) is 6.95. The van der Waals surface area contributed by atoms with Crippen LogP contribution in [0.1, 0.15) is 48.5 Å². The summed E-state index contributed by atoms with van der Waals surface area (Å²) in [5.74, 6) is 1.94. The van der Waals surface area contributed by atoms with Crippen LogP contribution in [0.2, 0.25) is 0 Å². The first-order chi connectivity index (χ1) is 8.50. The second-order valence-electron chi connectivity index (χ2n) is 7.41. The Kier molecular flexibility index (Phi) is 4.49. The monoisotopic (exact) mass is 263 g/mol. The van der Waals surface area contributed by atoms with Gasteiger partial charge < -0.3 is 10.2 Å². The first kappa shape index (κ1) is 15.8. The van der Waals surface area contributed by atoms with Crippen molar-refractivity contribution in [3.05, 3.63) is 18.2 Å². The number of pyridine rings is 1. The van der Waals surface area contributed by atoms with Crippen molar-refractivity contribution in [1.29, 1.82) is 0 Å². The van der Waals surface area contributed by atoms with E-state index >= 15 is 0 Å². The number of rotatable bonds is 3. The van der Waals surface area contributed by atoms with Crippen molar-refractivity contribution in [2.75, 3.05) is 17.3 Å². The van der Waals surface area contributed by atoms with E-state index in [1.54, 1.807) is 0 Å². The van der Waals surface area contributed by atoms with Crippen LogP contribution < -0.4 is 10.2 Å². The summed E-state index contributed by atoms with van der Waals surface area (Å²) in [5.41, 5.74) is 0.254. The van der Waals surface area contributed by atoms with E-state index in [1.165, 1.54) is 0 Å². The molecule has 1 atom stereocenters. The van der Waals surface area contributed by atoms with E-state index in [1.807, 2.05) is 6.07 Å². The molecule has 0 saturated carbocycles. The quantitative estimate of drug-likeness (QED) is 0.887. The Hall–Kier alpha value is -1.25.